The second-order valence-electron chi connectivity index (χ2n) is 2.13. The molecule has 0 N–H and O–H groups in total. The predicted octanol–water partition coefficient (Wildman–Crippen LogP) is 3.15. The smallest absolute Gasteiger partial charge is 0.153 e. The molecule has 1 aromatic rings. The number of halogens is 2. The first-order valence-electron chi connectivity index (χ1n) is 3.08. The van der Waals surface area contributed by atoms with Gasteiger partial charge in [0.1, 0.15) is 0 Å². The largest absolute Gasteiger partial charge is 0.298 e. The molecule has 0 bridgehead atoms. The van der Waals surface area contributed by atoms with Crippen molar-refractivity contribution in [3.63, 3.8) is 0 Å². The summed E-state index contributed by atoms with van der Waals surface area (Å²) in [6, 6.07) is 3.20. The lowest BCUT2D eigenvalue weighted by molar-refractivity contribution is 0.112. The Morgan fingerprint density at radius 2 is 1.75 bits per heavy atom. The van der Waals surface area contributed by atoms with E-state index in [1.54, 1.807) is 12.1 Å². The summed E-state index contributed by atoms with van der Waals surface area (Å²) in [7, 11) is 0. The maximum absolute atomic E-state index is 10.4. The lowest BCUT2D eigenvalue weighted by atomic mass is 10.2. The molecule has 4 heteroatoms. The van der Waals surface area contributed by atoms with Crippen LogP contribution in [0, 0.1) is 0 Å². The van der Waals surface area contributed by atoms with Crippen LogP contribution in [0.25, 0.3) is 0 Å². The predicted molar refractivity (Wildman–Crippen MR) is 54.6 cm³/mol. The van der Waals surface area contributed by atoms with Crippen molar-refractivity contribution in [2.24, 2.45) is 0 Å². The fourth-order valence-electron chi connectivity index (χ4n) is 0.785. The van der Waals surface area contributed by atoms with Gasteiger partial charge in [-0.3, -0.25) is 4.79 Å². The Morgan fingerprint density at radius 1 is 1.25 bits per heavy atom. The highest BCUT2D eigenvalue weighted by molar-refractivity contribution is 7.79. The molecule has 0 unspecified atom stereocenters. The summed E-state index contributed by atoms with van der Waals surface area (Å²) in [6.07, 6.45) is 0.623. The summed E-state index contributed by atoms with van der Waals surface area (Å²) in [6.45, 7) is 0. The molecule has 0 aliphatic carbocycles. The van der Waals surface area contributed by atoms with Gasteiger partial charge in [-0.15, -0.1) is 0 Å². The van der Waals surface area contributed by atoms with Crippen molar-refractivity contribution in [1.82, 2.24) is 0 Å². The van der Waals surface area contributed by atoms with E-state index in [0.717, 1.165) is 5.56 Å². The summed E-state index contributed by atoms with van der Waals surface area (Å²) in [5.74, 6) is 0. The van der Waals surface area contributed by atoms with Gasteiger partial charge in [0.2, 0.25) is 0 Å². The number of aldehydes is 1. The van der Waals surface area contributed by atoms with Crippen LogP contribution in [0.2, 0.25) is 10.0 Å². The van der Waals surface area contributed by atoms with Gasteiger partial charge in [0.25, 0.3) is 0 Å². The molecule has 1 nitrogen and oxygen atoms in total. The van der Waals surface area contributed by atoms with Gasteiger partial charge in [-0.2, -0.15) is 0 Å². The average Bonchev–Trinajstić information content (AvgIpc) is 2.03. The van der Waals surface area contributed by atoms with Crippen LogP contribution in [0.5, 0.6) is 0 Å². The summed E-state index contributed by atoms with van der Waals surface area (Å²) in [4.78, 5) is 10.4. The van der Waals surface area contributed by atoms with E-state index in [1.165, 1.54) is 5.37 Å². The quantitative estimate of drug-likeness (QED) is 0.561. The second kappa shape index (κ2) is 3.99. The van der Waals surface area contributed by atoms with E-state index in [4.69, 9.17) is 23.2 Å². The molecule has 1 aromatic carbocycles. The molecule has 62 valence electrons. The van der Waals surface area contributed by atoms with Crippen molar-refractivity contribution in [1.29, 1.82) is 0 Å². The molecule has 0 spiro atoms. The van der Waals surface area contributed by atoms with Crippen molar-refractivity contribution in [3.05, 3.63) is 33.3 Å². The molecule has 0 atom stereocenters. The Bertz CT molecular complexity index is 313. The maximum Gasteiger partial charge on any atom is 0.153 e. The normalized spacial score (nSPS) is 9.50. The Labute approximate surface area is 85.3 Å². The monoisotopic (exact) mass is 218 g/mol. The molecular weight excluding hydrogens is 215 g/mol. The summed E-state index contributed by atoms with van der Waals surface area (Å²) < 4.78 is 0. The molecule has 0 aromatic heterocycles. The van der Waals surface area contributed by atoms with Crippen LogP contribution in [0.3, 0.4) is 0 Å². The van der Waals surface area contributed by atoms with Crippen molar-refractivity contribution < 1.29 is 4.79 Å². The molecule has 12 heavy (non-hydrogen) atoms. The van der Waals surface area contributed by atoms with Gasteiger partial charge in [0, 0.05) is 5.37 Å². The summed E-state index contributed by atoms with van der Waals surface area (Å²) >= 11 is 16.1. The van der Waals surface area contributed by atoms with Gasteiger partial charge in [0.05, 0.1) is 15.6 Å². The van der Waals surface area contributed by atoms with E-state index in [2.05, 4.69) is 12.2 Å². The SMILES string of the molecule is O=Cc1c(Cl)cc(C=S)cc1Cl. The third kappa shape index (κ3) is 1.83. The standard InChI is InChI=1S/C8H4Cl2OS/c9-7-1-5(4-12)2-8(10)6(7)3-11/h1-4H. The molecule has 0 saturated carbocycles. The Morgan fingerprint density at radius 3 is 2.08 bits per heavy atom. The van der Waals surface area contributed by atoms with E-state index in [1.807, 2.05) is 0 Å². The number of benzene rings is 1. The van der Waals surface area contributed by atoms with E-state index in [0.29, 0.717) is 21.9 Å². The Kier molecular flexibility index (Phi) is 3.20. The number of carbonyl (C=O) groups is 1. The zero-order chi connectivity index (χ0) is 9.14. The van der Waals surface area contributed by atoms with Crippen LogP contribution in [-0.4, -0.2) is 11.7 Å². The fourth-order valence-corrected chi connectivity index (χ4v) is 1.51. The fraction of sp³-hybridized carbons (Fsp3) is 0. The lowest BCUT2D eigenvalue weighted by Crippen LogP contribution is -1.87. The average molecular weight is 219 g/mol. The minimum atomic E-state index is 0.305. The third-order valence-electron chi connectivity index (χ3n) is 1.36. The molecule has 1 rings (SSSR count). The first-order valence-corrected chi connectivity index (χ1v) is 4.31. The highest BCUT2D eigenvalue weighted by Gasteiger charge is 2.05. The van der Waals surface area contributed by atoms with Crippen LogP contribution in [0.15, 0.2) is 12.1 Å². The zero-order valence-electron chi connectivity index (χ0n) is 5.88. The second-order valence-corrected chi connectivity index (χ2v) is 3.18. The number of thiocarbonyl (C=S) groups is 1. The van der Waals surface area contributed by atoms with Gasteiger partial charge in [-0.1, -0.05) is 35.4 Å². The number of rotatable bonds is 2. The maximum atomic E-state index is 10.4. The van der Waals surface area contributed by atoms with Crippen LogP contribution in [0.4, 0.5) is 0 Å². The summed E-state index contributed by atoms with van der Waals surface area (Å²) in [5.41, 5.74) is 1.03. The van der Waals surface area contributed by atoms with Crippen LogP contribution >= 0.6 is 35.4 Å². The number of carbonyl (C=O) groups excluding carboxylic acids is 1. The first-order chi connectivity index (χ1) is 5.69. The van der Waals surface area contributed by atoms with Gasteiger partial charge in [0.15, 0.2) is 6.29 Å². The van der Waals surface area contributed by atoms with Gasteiger partial charge in [-0.05, 0) is 17.7 Å². The first kappa shape index (κ1) is 9.65. The number of hydrogen-bond acceptors (Lipinski definition) is 2. The van der Waals surface area contributed by atoms with Crippen LogP contribution in [0.1, 0.15) is 15.9 Å². The lowest BCUT2D eigenvalue weighted by Gasteiger charge is -2.00. The van der Waals surface area contributed by atoms with E-state index in [-0.39, 0.29) is 0 Å². The number of hydrogen-bond donors (Lipinski definition) is 0. The molecule has 0 amide bonds. The third-order valence-corrected chi connectivity index (χ3v) is 2.25. The minimum Gasteiger partial charge on any atom is -0.298 e. The van der Waals surface area contributed by atoms with Gasteiger partial charge in [-0.25, -0.2) is 0 Å². The Hall–Kier alpha value is -0.440. The molecule has 0 heterocycles. The van der Waals surface area contributed by atoms with Gasteiger partial charge < -0.3 is 0 Å². The Balaban J connectivity index is 3.36. The zero-order valence-corrected chi connectivity index (χ0v) is 8.21. The van der Waals surface area contributed by atoms with Crippen LogP contribution in [-0.2, 0) is 0 Å². The van der Waals surface area contributed by atoms with E-state index >= 15 is 0 Å². The molecular formula is C8H4Cl2OS. The van der Waals surface area contributed by atoms with Crippen molar-refractivity contribution >= 4 is 47.1 Å². The minimum absolute atomic E-state index is 0.305. The highest BCUT2D eigenvalue weighted by atomic mass is 35.5. The van der Waals surface area contributed by atoms with Crippen molar-refractivity contribution in [2.75, 3.05) is 0 Å². The van der Waals surface area contributed by atoms with Gasteiger partial charge >= 0.3 is 0 Å². The van der Waals surface area contributed by atoms with Crippen LogP contribution < -0.4 is 0 Å². The molecule has 0 aliphatic rings. The molecule has 0 radical (unpaired) electrons. The van der Waals surface area contributed by atoms with E-state index in [9.17, 15) is 4.79 Å². The molecule has 0 fully saturated rings. The van der Waals surface area contributed by atoms with Crippen molar-refractivity contribution in [3.8, 4) is 0 Å². The van der Waals surface area contributed by atoms with E-state index < -0.39 is 0 Å². The highest BCUT2D eigenvalue weighted by Crippen LogP contribution is 2.24. The molecule has 0 aliphatic heterocycles. The summed E-state index contributed by atoms with van der Waals surface area (Å²) in [5, 5.41) is 2.11. The van der Waals surface area contributed by atoms with Crippen molar-refractivity contribution in [2.45, 2.75) is 0 Å². The molecule has 0 saturated heterocycles. The topological polar surface area (TPSA) is 17.1 Å².